The van der Waals surface area contributed by atoms with Gasteiger partial charge in [-0.2, -0.15) is 0 Å². The van der Waals surface area contributed by atoms with Gasteiger partial charge in [0.25, 0.3) is 0 Å². The van der Waals surface area contributed by atoms with E-state index in [1.165, 1.54) is 38.5 Å². The molecule has 0 aliphatic carbocycles. The predicted molar refractivity (Wildman–Crippen MR) is 92.6 cm³/mol. The molecular weight excluding hydrogens is 280 g/mol. The molecule has 0 aromatic heterocycles. The highest BCUT2D eigenvalue weighted by Crippen LogP contribution is 2.21. The summed E-state index contributed by atoms with van der Waals surface area (Å²) in [4.78, 5) is 0. The lowest BCUT2D eigenvalue weighted by molar-refractivity contribution is 0.0706. The van der Waals surface area contributed by atoms with Crippen molar-refractivity contribution in [1.82, 2.24) is 0 Å². The van der Waals surface area contributed by atoms with E-state index in [1.807, 2.05) is 20.8 Å². The molecule has 0 N–H and O–H groups in total. The van der Waals surface area contributed by atoms with Gasteiger partial charge in [0.2, 0.25) is 0 Å². The molecule has 0 aliphatic rings. The standard InChI is InChI=1S/C17H38O3Si/c1-6-18-21(19-7-2,20-8-3)16-14-12-10-9-11-13-15-17(4)5/h17H,6-16H2,1-5H3. The first-order valence-electron chi connectivity index (χ1n) is 9.02. The van der Waals surface area contributed by atoms with Crippen molar-refractivity contribution in [2.75, 3.05) is 19.8 Å². The van der Waals surface area contributed by atoms with Crippen LogP contribution in [0.25, 0.3) is 0 Å². The molecule has 0 atom stereocenters. The number of hydrogen-bond acceptors (Lipinski definition) is 3. The van der Waals surface area contributed by atoms with Gasteiger partial charge >= 0.3 is 8.80 Å². The van der Waals surface area contributed by atoms with Gasteiger partial charge in [-0.1, -0.05) is 52.4 Å². The molecule has 0 unspecified atom stereocenters. The van der Waals surface area contributed by atoms with Crippen LogP contribution in [0.1, 0.15) is 79.6 Å². The lowest BCUT2D eigenvalue weighted by Gasteiger charge is -2.28. The SMILES string of the molecule is CCO[Si](CCCCCCCCC(C)C)(OCC)OCC. The molecule has 0 rings (SSSR count). The van der Waals surface area contributed by atoms with Crippen LogP contribution in [0.15, 0.2) is 0 Å². The van der Waals surface area contributed by atoms with Crippen molar-refractivity contribution in [2.45, 2.75) is 85.6 Å². The van der Waals surface area contributed by atoms with Crippen LogP contribution in [0, 0.1) is 5.92 Å². The van der Waals surface area contributed by atoms with E-state index >= 15 is 0 Å². The monoisotopic (exact) mass is 318 g/mol. The summed E-state index contributed by atoms with van der Waals surface area (Å²) in [5.41, 5.74) is 0. The van der Waals surface area contributed by atoms with Crippen molar-refractivity contribution in [2.24, 2.45) is 5.92 Å². The molecule has 0 fully saturated rings. The molecule has 0 saturated heterocycles. The summed E-state index contributed by atoms with van der Waals surface area (Å²) in [6, 6.07) is 0.967. The van der Waals surface area contributed by atoms with Crippen molar-refractivity contribution in [3.05, 3.63) is 0 Å². The summed E-state index contributed by atoms with van der Waals surface area (Å²) in [5, 5.41) is 0. The summed E-state index contributed by atoms with van der Waals surface area (Å²) in [6.45, 7) is 12.7. The minimum atomic E-state index is -2.39. The van der Waals surface area contributed by atoms with Gasteiger partial charge in [0, 0.05) is 25.9 Å². The normalized spacial score (nSPS) is 12.3. The van der Waals surface area contributed by atoms with Gasteiger partial charge in [-0.15, -0.1) is 0 Å². The second kappa shape index (κ2) is 13.7. The molecule has 21 heavy (non-hydrogen) atoms. The van der Waals surface area contributed by atoms with Gasteiger partial charge in [-0.05, 0) is 33.1 Å². The number of unbranched alkanes of at least 4 members (excludes halogenated alkanes) is 5. The maximum Gasteiger partial charge on any atom is 0.500 e. The van der Waals surface area contributed by atoms with E-state index in [2.05, 4.69) is 13.8 Å². The van der Waals surface area contributed by atoms with Crippen molar-refractivity contribution in [3.63, 3.8) is 0 Å². The van der Waals surface area contributed by atoms with Gasteiger partial charge in [-0.3, -0.25) is 0 Å². The first-order chi connectivity index (χ1) is 10.1. The third-order valence-electron chi connectivity index (χ3n) is 3.61. The molecule has 0 aliphatic heterocycles. The largest absolute Gasteiger partial charge is 0.500 e. The Kier molecular flexibility index (Phi) is 13.8. The van der Waals surface area contributed by atoms with E-state index in [0.29, 0.717) is 19.8 Å². The van der Waals surface area contributed by atoms with Gasteiger partial charge in [0.05, 0.1) is 0 Å². The lowest BCUT2D eigenvalue weighted by atomic mass is 10.0. The van der Waals surface area contributed by atoms with Crippen molar-refractivity contribution >= 4 is 8.80 Å². The number of rotatable bonds is 15. The third kappa shape index (κ3) is 11.3. The summed E-state index contributed by atoms with van der Waals surface area (Å²) < 4.78 is 17.6. The number of hydrogen-bond donors (Lipinski definition) is 0. The molecule has 0 spiro atoms. The quantitative estimate of drug-likeness (QED) is 0.298. The Morgan fingerprint density at radius 2 is 1.10 bits per heavy atom. The molecule has 0 radical (unpaired) electrons. The smallest absolute Gasteiger partial charge is 0.374 e. The first kappa shape index (κ1) is 21.1. The zero-order chi connectivity index (χ0) is 16.0. The fraction of sp³-hybridized carbons (Fsp3) is 1.00. The molecule has 128 valence electrons. The predicted octanol–water partition coefficient (Wildman–Crippen LogP) is 5.42. The molecule has 0 amide bonds. The van der Waals surface area contributed by atoms with Gasteiger partial charge in [0.1, 0.15) is 0 Å². The fourth-order valence-electron chi connectivity index (χ4n) is 2.60. The summed E-state index contributed by atoms with van der Waals surface area (Å²) >= 11 is 0. The second-order valence-electron chi connectivity index (χ2n) is 6.04. The van der Waals surface area contributed by atoms with E-state index in [-0.39, 0.29) is 0 Å². The van der Waals surface area contributed by atoms with E-state index < -0.39 is 8.80 Å². The van der Waals surface area contributed by atoms with Crippen LogP contribution in [0.5, 0.6) is 0 Å². The molecule has 4 heteroatoms. The Bertz CT molecular complexity index is 205. The highest BCUT2D eigenvalue weighted by Gasteiger charge is 2.39. The molecule has 3 nitrogen and oxygen atoms in total. The van der Waals surface area contributed by atoms with Crippen LogP contribution in [0.4, 0.5) is 0 Å². The van der Waals surface area contributed by atoms with Crippen LogP contribution in [0.2, 0.25) is 6.04 Å². The average molecular weight is 319 g/mol. The van der Waals surface area contributed by atoms with Crippen LogP contribution in [0.3, 0.4) is 0 Å². The third-order valence-corrected chi connectivity index (χ3v) is 6.76. The molecule has 0 saturated carbocycles. The molecular formula is C17H38O3Si. The summed E-state index contributed by atoms with van der Waals surface area (Å²) in [5.74, 6) is 0.847. The van der Waals surface area contributed by atoms with Crippen LogP contribution in [-0.2, 0) is 13.3 Å². The molecule has 0 aromatic rings. The van der Waals surface area contributed by atoms with Crippen LogP contribution < -0.4 is 0 Å². The summed E-state index contributed by atoms with van der Waals surface area (Å²) in [6.07, 6.45) is 9.25. The van der Waals surface area contributed by atoms with Crippen molar-refractivity contribution < 1.29 is 13.3 Å². The zero-order valence-electron chi connectivity index (χ0n) is 15.1. The Balaban J connectivity index is 3.81. The molecule has 0 bridgehead atoms. The topological polar surface area (TPSA) is 27.7 Å². The Labute approximate surface area is 134 Å². The van der Waals surface area contributed by atoms with E-state index in [4.69, 9.17) is 13.3 Å². The van der Waals surface area contributed by atoms with Crippen LogP contribution in [-0.4, -0.2) is 28.6 Å². The molecule has 0 heterocycles. The van der Waals surface area contributed by atoms with Gasteiger partial charge in [0.15, 0.2) is 0 Å². The average Bonchev–Trinajstić information content (AvgIpc) is 2.42. The van der Waals surface area contributed by atoms with Crippen LogP contribution >= 0.6 is 0 Å². The van der Waals surface area contributed by atoms with E-state index in [1.54, 1.807) is 0 Å². The first-order valence-corrected chi connectivity index (χ1v) is 10.9. The Hall–Kier alpha value is 0.0969. The Morgan fingerprint density at radius 1 is 0.667 bits per heavy atom. The highest BCUT2D eigenvalue weighted by molar-refractivity contribution is 6.60. The van der Waals surface area contributed by atoms with Crippen molar-refractivity contribution in [1.29, 1.82) is 0 Å². The minimum Gasteiger partial charge on any atom is -0.374 e. The molecule has 0 aromatic carbocycles. The Morgan fingerprint density at radius 3 is 1.52 bits per heavy atom. The van der Waals surface area contributed by atoms with E-state index in [9.17, 15) is 0 Å². The summed E-state index contributed by atoms with van der Waals surface area (Å²) in [7, 11) is -2.39. The van der Waals surface area contributed by atoms with Gasteiger partial charge in [-0.25, -0.2) is 0 Å². The maximum absolute atomic E-state index is 5.88. The fourth-order valence-corrected chi connectivity index (χ4v) is 5.29. The maximum atomic E-state index is 5.88. The van der Waals surface area contributed by atoms with E-state index in [0.717, 1.165) is 18.4 Å². The van der Waals surface area contributed by atoms with Gasteiger partial charge < -0.3 is 13.3 Å². The lowest BCUT2D eigenvalue weighted by Crippen LogP contribution is -2.45. The minimum absolute atomic E-state index is 0.682. The highest BCUT2D eigenvalue weighted by atomic mass is 28.4. The second-order valence-corrected chi connectivity index (χ2v) is 8.77. The van der Waals surface area contributed by atoms with Crippen molar-refractivity contribution in [3.8, 4) is 0 Å². The zero-order valence-corrected chi connectivity index (χ0v) is 16.1.